The number of nitrogens with zero attached hydrogens (tertiary/aromatic N) is 6. The molecule has 0 spiro atoms. The van der Waals surface area contributed by atoms with Crippen LogP contribution in [0.1, 0.15) is 57.8 Å². The molecule has 1 saturated heterocycles. The maximum Gasteiger partial charge on any atom is 0.262 e. The number of carbonyl (C=O) groups is 3. The Morgan fingerprint density at radius 1 is 0.883 bits per heavy atom. The number of amides is 3. The molecule has 4 aromatic heterocycles. The summed E-state index contributed by atoms with van der Waals surface area (Å²) >= 11 is 0. The van der Waals surface area contributed by atoms with Gasteiger partial charge in [0, 0.05) is 72.1 Å². The van der Waals surface area contributed by atoms with Crippen molar-refractivity contribution in [2.24, 2.45) is 7.05 Å². The average Bonchev–Trinajstić information content (AvgIpc) is 3.67. The second-order valence-corrected chi connectivity index (χ2v) is 14.7. The van der Waals surface area contributed by atoms with Crippen molar-refractivity contribution in [3.8, 4) is 46.4 Å². The molecular weight excluding hydrogens is 763 g/mol. The summed E-state index contributed by atoms with van der Waals surface area (Å²) in [5, 5.41) is 14.7. The molecule has 9 rings (SSSR count). The van der Waals surface area contributed by atoms with Gasteiger partial charge < -0.3 is 28.8 Å². The predicted molar refractivity (Wildman–Crippen MR) is 219 cm³/mol. The van der Waals surface area contributed by atoms with Crippen LogP contribution in [-0.4, -0.2) is 80.2 Å². The van der Waals surface area contributed by atoms with Crippen LogP contribution in [-0.2, 0) is 16.6 Å². The van der Waals surface area contributed by atoms with Crippen molar-refractivity contribution in [2.45, 2.75) is 43.9 Å². The number of piperidine rings is 1. The molecule has 1 atom stereocenters. The van der Waals surface area contributed by atoms with Crippen molar-refractivity contribution in [3.63, 3.8) is 0 Å². The Morgan fingerprint density at radius 2 is 1.72 bits per heavy atom. The van der Waals surface area contributed by atoms with Gasteiger partial charge in [-0.05, 0) is 72.9 Å². The number of fused-ring (bicyclic) bond motifs is 4. The number of nitriles is 1. The first kappa shape index (κ1) is 38.0. The lowest BCUT2D eigenvalue weighted by Gasteiger charge is -2.35. The van der Waals surface area contributed by atoms with Crippen molar-refractivity contribution in [3.05, 3.63) is 120 Å². The van der Waals surface area contributed by atoms with Crippen LogP contribution in [0, 0.1) is 23.2 Å². The van der Waals surface area contributed by atoms with Crippen molar-refractivity contribution in [2.75, 3.05) is 19.8 Å². The van der Waals surface area contributed by atoms with E-state index >= 15 is 0 Å². The minimum absolute atomic E-state index is 0.0591. The molecule has 6 aromatic rings. The van der Waals surface area contributed by atoms with Gasteiger partial charge >= 0.3 is 0 Å². The van der Waals surface area contributed by atoms with E-state index in [1.54, 1.807) is 18.2 Å². The molecule has 14 nitrogen and oxygen atoms in total. The normalized spacial score (nSPS) is 18.3. The van der Waals surface area contributed by atoms with E-state index in [-0.39, 0.29) is 48.8 Å². The zero-order chi connectivity index (χ0) is 41.3. The summed E-state index contributed by atoms with van der Waals surface area (Å²) in [6, 6.07) is 21.5. The lowest BCUT2D eigenvalue weighted by Crippen LogP contribution is -2.51. The Bertz CT molecular complexity index is 2830. The molecule has 2 aliphatic heterocycles. The maximum atomic E-state index is 13.1. The molecule has 3 amide bonds. The summed E-state index contributed by atoms with van der Waals surface area (Å²) in [7, 11) is 2.06. The molecule has 1 saturated carbocycles. The summed E-state index contributed by atoms with van der Waals surface area (Å²) in [6.45, 7) is 4.21. The quantitative estimate of drug-likeness (QED) is 0.0944. The summed E-state index contributed by atoms with van der Waals surface area (Å²) in [4.78, 5) is 52.7. The number of imide groups is 1. The Morgan fingerprint density at radius 3 is 2.53 bits per heavy atom. The molecule has 0 bridgehead atoms. The van der Waals surface area contributed by atoms with Gasteiger partial charge in [0.2, 0.25) is 11.8 Å². The van der Waals surface area contributed by atoms with E-state index in [1.165, 1.54) is 12.1 Å². The topological polar surface area (TPSA) is 171 Å². The lowest BCUT2D eigenvalue weighted by molar-refractivity contribution is -0.125. The van der Waals surface area contributed by atoms with Crippen molar-refractivity contribution >= 4 is 39.5 Å². The number of pyridine rings is 3. The number of nitrogens with one attached hydrogen (secondary N) is 1. The van der Waals surface area contributed by atoms with Crippen LogP contribution in [0.25, 0.3) is 32.9 Å². The Hall–Kier alpha value is -7.55. The van der Waals surface area contributed by atoms with Crippen LogP contribution in [0.2, 0.25) is 0 Å². The number of hydrogen-bond acceptors (Lipinski definition) is 11. The van der Waals surface area contributed by atoms with Gasteiger partial charge in [-0.25, -0.2) is 9.97 Å². The molecule has 3 aliphatic rings. The highest BCUT2D eigenvalue weighted by Gasteiger charge is 2.44. The standard InChI is InChI=1S/C46H37N7O7/c1-27-5-12-40(44(54)50-27)53-45(55)35-11-9-31(23-36(35)46(53)56)58-19-18-57-17-3-4-30-8-13-42(38(24-47)51-30)59-32-21-33(22-32)60-43-14-7-29(25-49-43)28-6-10-34-37-26-48-16-15-39(37)52(2)41(34)20-28/h6-11,13-16,20,23,25-26,32-33,40H,1,5,12,17-19,21-22H2,2H3,(H,50,54). The molecule has 0 radical (unpaired) electrons. The van der Waals surface area contributed by atoms with Crippen LogP contribution in [0.3, 0.4) is 0 Å². The second kappa shape index (κ2) is 16.0. The molecule has 60 heavy (non-hydrogen) atoms. The van der Waals surface area contributed by atoms with Gasteiger partial charge in [-0.2, -0.15) is 5.26 Å². The SMILES string of the molecule is C=C1CCC(N2C(=O)c3ccc(OCCOCC#Cc4ccc(OC5CC(Oc6ccc(-c7ccc8c9cnccc9n(C)c8c7)cn6)C5)c(C#N)n4)cc3C2=O)C(=O)N1. The van der Waals surface area contributed by atoms with Gasteiger partial charge in [-0.15, -0.1) is 0 Å². The highest BCUT2D eigenvalue weighted by Crippen LogP contribution is 2.34. The number of aryl methyl sites for hydroxylation is 1. The van der Waals surface area contributed by atoms with Gasteiger partial charge in [0.15, 0.2) is 11.4 Å². The second-order valence-electron chi connectivity index (χ2n) is 14.7. The monoisotopic (exact) mass is 799 g/mol. The van der Waals surface area contributed by atoms with Crippen LogP contribution in [0.15, 0.2) is 97.6 Å². The van der Waals surface area contributed by atoms with E-state index in [2.05, 4.69) is 74.6 Å². The maximum absolute atomic E-state index is 13.1. The van der Waals surface area contributed by atoms with E-state index in [0.29, 0.717) is 54.5 Å². The van der Waals surface area contributed by atoms with Crippen molar-refractivity contribution in [1.82, 2.24) is 29.7 Å². The molecule has 1 unspecified atom stereocenters. The number of hydrogen-bond donors (Lipinski definition) is 1. The fourth-order valence-electron chi connectivity index (χ4n) is 7.69. The number of ether oxygens (including phenoxy) is 4. The van der Waals surface area contributed by atoms with E-state index in [9.17, 15) is 19.6 Å². The van der Waals surface area contributed by atoms with E-state index in [0.717, 1.165) is 37.8 Å². The predicted octanol–water partition coefficient (Wildman–Crippen LogP) is 5.88. The number of benzene rings is 2. The Balaban J connectivity index is 0.710. The molecule has 14 heteroatoms. The molecule has 298 valence electrons. The molecule has 2 aromatic carbocycles. The fraction of sp³-hybridized carbons (Fsp3) is 0.239. The van der Waals surface area contributed by atoms with Gasteiger partial charge in [0.25, 0.3) is 11.8 Å². The van der Waals surface area contributed by atoms with Gasteiger partial charge in [0.1, 0.15) is 49.0 Å². The first-order valence-corrected chi connectivity index (χ1v) is 19.5. The van der Waals surface area contributed by atoms with Crippen LogP contribution in [0.5, 0.6) is 17.4 Å². The largest absolute Gasteiger partial charge is 0.491 e. The van der Waals surface area contributed by atoms with Gasteiger partial charge in [-0.3, -0.25) is 24.3 Å². The number of rotatable bonds is 11. The number of allylic oxidation sites excluding steroid dienone is 1. The number of aromatic nitrogens is 4. The summed E-state index contributed by atoms with van der Waals surface area (Å²) in [5.41, 5.74) is 5.85. The molecule has 2 fully saturated rings. The zero-order valence-corrected chi connectivity index (χ0v) is 32.5. The molecule has 1 aliphatic carbocycles. The molecular formula is C46H37N7O7. The first-order valence-electron chi connectivity index (χ1n) is 19.5. The summed E-state index contributed by atoms with van der Waals surface area (Å²) in [5.74, 6) is 5.65. The zero-order valence-electron chi connectivity index (χ0n) is 32.5. The third-order valence-corrected chi connectivity index (χ3v) is 10.9. The summed E-state index contributed by atoms with van der Waals surface area (Å²) in [6.07, 6.45) is 7.45. The highest BCUT2D eigenvalue weighted by atomic mass is 16.5. The number of carbonyl (C=O) groups excluding carboxylic acids is 3. The van der Waals surface area contributed by atoms with Crippen molar-refractivity contribution < 1.29 is 33.3 Å². The van der Waals surface area contributed by atoms with Gasteiger partial charge in [-0.1, -0.05) is 24.6 Å². The smallest absolute Gasteiger partial charge is 0.262 e. The minimum Gasteiger partial charge on any atom is -0.491 e. The lowest BCUT2D eigenvalue weighted by atomic mass is 9.92. The third kappa shape index (κ3) is 7.36. The Labute approximate surface area is 344 Å². The van der Waals surface area contributed by atoms with E-state index < -0.39 is 23.8 Å². The highest BCUT2D eigenvalue weighted by molar-refractivity contribution is 6.23. The molecule has 6 heterocycles. The van der Waals surface area contributed by atoms with Crippen molar-refractivity contribution in [1.29, 1.82) is 5.26 Å². The Kier molecular flexibility index (Phi) is 10.1. The first-order chi connectivity index (χ1) is 29.2. The van der Waals surface area contributed by atoms with Crippen LogP contribution < -0.4 is 19.5 Å². The minimum atomic E-state index is -0.880. The summed E-state index contributed by atoms with van der Waals surface area (Å²) < 4.78 is 25.7. The van der Waals surface area contributed by atoms with Gasteiger partial charge in [0.05, 0.1) is 23.3 Å². The fourth-order valence-corrected chi connectivity index (χ4v) is 7.69. The average molecular weight is 800 g/mol. The third-order valence-electron chi connectivity index (χ3n) is 10.9. The van der Waals surface area contributed by atoms with Crippen LogP contribution in [0.4, 0.5) is 0 Å². The molecule has 1 N–H and O–H groups in total. The van der Waals surface area contributed by atoms with E-state index in [1.807, 2.05) is 36.8 Å². The van der Waals surface area contributed by atoms with E-state index in [4.69, 9.17) is 18.9 Å². The van der Waals surface area contributed by atoms with Crippen LogP contribution >= 0.6 is 0 Å².